The predicted molar refractivity (Wildman–Crippen MR) is 64.3 cm³/mol. The van der Waals surface area contributed by atoms with Gasteiger partial charge in [-0.3, -0.25) is 0 Å². The Balaban J connectivity index is 2.22. The molecule has 1 rings (SSSR count). The summed E-state index contributed by atoms with van der Waals surface area (Å²) in [7, 11) is 1.70. The zero-order chi connectivity index (χ0) is 11.8. The van der Waals surface area contributed by atoms with Gasteiger partial charge in [0.15, 0.2) is 0 Å². The minimum absolute atomic E-state index is 0.231. The number of aliphatic hydroxyl groups excluding tert-OH is 1. The number of nitrogens with one attached hydrogen (secondary N) is 1. The Hall–Kier alpha value is -0.840. The van der Waals surface area contributed by atoms with Crippen LogP contribution in [0, 0.1) is 0 Å². The summed E-state index contributed by atoms with van der Waals surface area (Å²) in [6.07, 6.45) is 4.73. The van der Waals surface area contributed by atoms with Gasteiger partial charge in [0.05, 0.1) is 12.7 Å². The van der Waals surface area contributed by atoms with Gasteiger partial charge < -0.3 is 19.7 Å². The number of nitrogens with zero attached hydrogens (tertiary/aromatic N) is 1. The summed E-state index contributed by atoms with van der Waals surface area (Å²) < 4.78 is 7.07. The molecule has 92 valence electrons. The number of aromatic nitrogens is 1. The van der Waals surface area contributed by atoms with Crippen molar-refractivity contribution in [2.75, 3.05) is 20.3 Å². The zero-order valence-corrected chi connectivity index (χ0v) is 10.1. The van der Waals surface area contributed by atoms with Crippen LogP contribution in [0.3, 0.4) is 0 Å². The molecule has 4 heteroatoms. The summed E-state index contributed by atoms with van der Waals surface area (Å²) in [5.41, 5.74) is 1.27. The summed E-state index contributed by atoms with van der Waals surface area (Å²) in [6.45, 7) is 5.16. The van der Waals surface area contributed by atoms with E-state index in [2.05, 4.69) is 28.3 Å². The molecule has 0 radical (unpaired) electrons. The maximum Gasteiger partial charge on any atom is 0.0587 e. The van der Waals surface area contributed by atoms with Crippen LogP contribution >= 0.6 is 0 Å². The van der Waals surface area contributed by atoms with E-state index in [-0.39, 0.29) is 6.10 Å². The topological polar surface area (TPSA) is 46.4 Å². The molecular formula is C12H22N2O2. The van der Waals surface area contributed by atoms with E-state index in [1.807, 2.05) is 6.92 Å². The molecule has 0 aliphatic rings. The van der Waals surface area contributed by atoms with Crippen LogP contribution in [0.25, 0.3) is 0 Å². The monoisotopic (exact) mass is 226 g/mol. The highest BCUT2D eigenvalue weighted by molar-refractivity contribution is 5.09. The van der Waals surface area contributed by atoms with Crippen molar-refractivity contribution in [3.63, 3.8) is 0 Å². The quantitative estimate of drug-likeness (QED) is 0.650. The third-order valence-corrected chi connectivity index (χ3v) is 2.43. The predicted octanol–water partition coefficient (Wildman–Crippen LogP) is 0.995. The lowest BCUT2D eigenvalue weighted by Crippen LogP contribution is -2.18. The number of aliphatic hydroxyl groups is 1. The third kappa shape index (κ3) is 5.30. The zero-order valence-electron chi connectivity index (χ0n) is 10.1. The first-order chi connectivity index (χ1) is 7.72. The van der Waals surface area contributed by atoms with Crippen LogP contribution in [0.15, 0.2) is 18.5 Å². The van der Waals surface area contributed by atoms with Gasteiger partial charge >= 0.3 is 0 Å². The molecule has 0 saturated heterocycles. The molecule has 1 atom stereocenters. The lowest BCUT2D eigenvalue weighted by atomic mass is 10.3. The van der Waals surface area contributed by atoms with Gasteiger partial charge in [-0.1, -0.05) is 0 Å². The number of hydrogen-bond donors (Lipinski definition) is 2. The molecule has 1 aromatic heterocycles. The molecule has 4 nitrogen and oxygen atoms in total. The van der Waals surface area contributed by atoms with Crippen LogP contribution in [0.2, 0.25) is 0 Å². The molecule has 0 aromatic carbocycles. The van der Waals surface area contributed by atoms with E-state index in [0.717, 1.165) is 32.7 Å². The number of methoxy groups -OCH3 is 1. The minimum Gasteiger partial charge on any atom is -0.393 e. The van der Waals surface area contributed by atoms with Gasteiger partial charge in [0.2, 0.25) is 0 Å². The molecule has 1 heterocycles. The van der Waals surface area contributed by atoms with Gasteiger partial charge in [-0.15, -0.1) is 0 Å². The van der Waals surface area contributed by atoms with Crippen LogP contribution in [0.4, 0.5) is 0 Å². The Labute approximate surface area is 97.2 Å². The lowest BCUT2D eigenvalue weighted by molar-refractivity contribution is 0.178. The Bertz CT molecular complexity index is 284. The Morgan fingerprint density at radius 2 is 2.38 bits per heavy atom. The lowest BCUT2D eigenvalue weighted by Gasteiger charge is -2.05. The summed E-state index contributed by atoms with van der Waals surface area (Å²) in [6, 6.07) is 2.10. The molecule has 0 amide bonds. The first-order valence-corrected chi connectivity index (χ1v) is 5.74. The molecule has 0 aliphatic heterocycles. The SMILES string of the molecule is COCCNCc1ccn(CCC(C)O)c1. The average Bonchev–Trinajstić information content (AvgIpc) is 2.70. The van der Waals surface area contributed by atoms with Gasteiger partial charge in [0.25, 0.3) is 0 Å². The van der Waals surface area contributed by atoms with E-state index in [9.17, 15) is 5.11 Å². The molecule has 0 fully saturated rings. The Kier molecular flexibility index (Phi) is 6.15. The van der Waals surface area contributed by atoms with E-state index in [1.165, 1.54) is 5.56 Å². The summed E-state index contributed by atoms with van der Waals surface area (Å²) in [4.78, 5) is 0. The van der Waals surface area contributed by atoms with Crippen molar-refractivity contribution in [2.24, 2.45) is 0 Å². The minimum atomic E-state index is -0.231. The third-order valence-electron chi connectivity index (χ3n) is 2.43. The van der Waals surface area contributed by atoms with E-state index in [1.54, 1.807) is 7.11 Å². The van der Waals surface area contributed by atoms with Crippen molar-refractivity contribution in [1.82, 2.24) is 9.88 Å². The smallest absolute Gasteiger partial charge is 0.0587 e. The number of rotatable bonds is 8. The highest BCUT2D eigenvalue weighted by atomic mass is 16.5. The van der Waals surface area contributed by atoms with Crippen molar-refractivity contribution in [1.29, 1.82) is 0 Å². The van der Waals surface area contributed by atoms with Gasteiger partial charge in [0.1, 0.15) is 0 Å². The highest BCUT2D eigenvalue weighted by Gasteiger charge is 1.99. The van der Waals surface area contributed by atoms with E-state index < -0.39 is 0 Å². The van der Waals surface area contributed by atoms with Crippen LogP contribution in [-0.4, -0.2) is 36.0 Å². The van der Waals surface area contributed by atoms with Crippen molar-refractivity contribution in [3.8, 4) is 0 Å². The number of ether oxygens (including phenoxy) is 1. The molecular weight excluding hydrogens is 204 g/mol. The summed E-state index contributed by atoms with van der Waals surface area (Å²) in [5.74, 6) is 0. The highest BCUT2D eigenvalue weighted by Crippen LogP contribution is 2.03. The summed E-state index contributed by atoms with van der Waals surface area (Å²) >= 11 is 0. The first-order valence-electron chi connectivity index (χ1n) is 5.74. The molecule has 1 aromatic rings. The maximum absolute atomic E-state index is 9.18. The fourth-order valence-corrected chi connectivity index (χ4v) is 1.48. The second-order valence-corrected chi connectivity index (χ2v) is 4.06. The molecule has 0 bridgehead atoms. The van der Waals surface area contributed by atoms with Gasteiger partial charge in [-0.2, -0.15) is 0 Å². The molecule has 1 unspecified atom stereocenters. The first kappa shape index (κ1) is 13.2. The standard InChI is InChI=1S/C12H22N2O2/c1-11(15)3-6-14-7-4-12(10-14)9-13-5-8-16-2/h4,7,10-11,13,15H,3,5-6,8-9H2,1-2H3. The fourth-order valence-electron chi connectivity index (χ4n) is 1.48. The average molecular weight is 226 g/mol. The van der Waals surface area contributed by atoms with Gasteiger partial charge in [-0.05, 0) is 25.0 Å². The molecule has 0 saturated carbocycles. The van der Waals surface area contributed by atoms with Gasteiger partial charge in [-0.25, -0.2) is 0 Å². The van der Waals surface area contributed by atoms with Crippen molar-refractivity contribution < 1.29 is 9.84 Å². The van der Waals surface area contributed by atoms with Crippen LogP contribution in [-0.2, 0) is 17.8 Å². The molecule has 0 aliphatic carbocycles. The maximum atomic E-state index is 9.18. The molecule has 16 heavy (non-hydrogen) atoms. The number of hydrogen-bond acceptors (Lipinski definition) is 3. The van der Waals surface area contributed by atoms with Crippen molar-refractivity contribution in [2.45, 2.75) is 32.5 Å². The van der Waals surface area contributed by atoms with Crippen molar-refractivity contribution >= 4 is 0 Å². The normalized spacial score (nSPS) is 12.9. The molecule has 2 N–H and O–H groups in total. The van der Waals surface area contributed by atoms with Crippen LogP contribution in [0.1, 0.15) is 18.9 Å². The Morgan fingerprint density at radius 3 is 3.06 bits per heavy atom. The summed E-state index contributed by atoms with van der Waals surface area (Å²) in [5, 5.41) is 12.5. The van der Waals surface area contributed by atoms with Crippen LogP contribution in [0.5, 0.6) is 0 Å². The second kappa shape index (κ2) is 7.44. The van der Waals surface area contributed by atoms with E-state index in [0.29, 0.717) is 0 Å². The van der Waals surface area contributed by atoms with Crippen LogP contribution < -0.4 is 5.32 Å². The largest absolute Gasteiger partial charge is 0.393 e. The van der Waals surface area contributed by atoms with Crippen molar-refractivity contribution in [3.05, 3.63) is 24.0 Å². The Morgan fingerprint density at radius 1 is 1.56 bits per heavy atom. The van der Waals surface area contributed by atoms with E-state index in [4.69, 9.17) is 4.74 Å². The van der Waals surface area contributed by atoms with E-state index >= 15 is 0 Å². The van der Waals surface area contributed by atoms with Gasteiger partial charge in [0, 0.05) is 39.1 Å². The second-order valence-electron chi connectivity index (χ2n) is 4.06. The number of aryl methyl sites for hydroxylation is 1. The fraction of sp³-hybridized carbons (Fsp3) is 0.667. The molecule has 0 spiro atoms.